The fraction of sp³-hybridized carbons (Fsp3) is 0.348. The summed E-state index contributed by atoms with van der Waals surface area (Å²) in [6, 6.07) is 14.2. The Kier molecular flexibility index (Phi) is 5.70. The van der Waals surface area contributed by atoms with Gasteiger partial charge in [-0.2, -0.15) is 0 Å². The van der Waals surface area contributed by atoms with Crippen LogP contribution in [0.4, 0.5) is 5.69 Å². The van der Waals surface area contributed by atoms with Gasteiger partial charge in [-0.3, -0.25) is 14.4 Å². The van der Waals surface area contributed by atoms with Crippen LogP contribution in [0.1, 0.15) is 28.8 Å². The summed E-state index contributed by atoms with van der Waals surface area (Å²) < 4.78 is 5.15. The Hall–Kier alpha value is -3.35. The Labute approximate surface area is 175 Å². The van der Waals surface area contributed by atoms with E-state index < -0.39 is 6.04 Å². The monoisotopic (exact) mass is 407 g/mol. The van der Waals surface area contributed by atoms with Crippen LogP contribution in [0, 0.1) is 0 Å². The molecular weight excluding hydrogens is 382 g/mol. The number of anilines is 1. The molecule has 2 aliphatic rings. The minimum atomic E-state index is -0.489. The molecule has 156 valence electrons. The fourth-order valence-electron chi connectivity index (χ4n) is 4.11. The van der Waals surface area contributed by atoms with E-state index in [0.717, 1.165) is 17.7 Å². The number of hydrogen-bond acceptors (Lipinski definition) is 4. The average molecular weight is 407 g/mol. The average Bonchev–Trinajstić information content (AvgIpc) is 3.24. The van der Waals surface area contributed by atoms with Gasteiger partial charge in [-0.15, -0.1) is 0 Å². The summed E-state index contributed by atoms with van der Waals surface area (Å²) in [4.78, 5) is 41.8. The third kappa shape index (κ3) is 3.87. The largest absolute Gasteiger partial charge is 0.497 e. The summed E-state index contributed by atoms with van der Waals surface area (Å²) in [7, 11) is 1.62. The molecule has 2 heterocycles. The van der Waals surface area contributed by atoms with Gasteiger partial charge in [-0.1, -0.05) is 24.3 Å². The van der Waals surface area contributed by atoms with Crippen molar-refractivity contribution in [3.05, 3.63) is 59.7 Å². The van der Waals surface area contributed by atoms with Crippen LogP contribution in [0.25, 0.3) is 0 Å². The van der Waals surface area contributed by atoms with Crippen LogP contribution in [0.3, 0.4) is 0 Å². The lowest BCUT2D eigenvalue weighted by Crippen LogP contribution is -2.48. The highest BCUT2D eigenvalue weighted by atomic mass is 16.5. The van der Waals surface area contributed by atoms with E-state index >= 15 is 0 Å². The molecule has 1 atom stereocenters. The number of carbonyl (C=O) groups is 3. The van der Waals surface area contributed by atoms with Crippen LogP contribution >= 0.6 is 0 Å². The molecule has 7 nitrogen and oxygen atoms in total. The maximum absolute atomic E-state index is 13.2. The first-order chi connectivity index (χ1) is 14.6. The number of fused-ring (bicyclic) bond motifs is 2. The van der Waals surface area contributed by atoms with Gasteiger partial charge < -0.3 is 19.9 Å². The topological polar surface area (TPSA) is 79.0 Å². The normalized spacial score (nSPS) is 18.0. The first kappa shape index (κ1) is 19.9. The number of para-hydroxylation sites is 1. The van der Waals surface area contributed by atoms with Crippen molar-refractivity contribution in [3.8, 4) is 5.75 Å². The van der Waals surface area contributed by atoms with E-state index in [1.54, 1.807) is 36.3 Å². The van der Waals surface area contributed by atoms with Gasteiger partial charge in [0.05, 0.1) is 18.4 Å². The van der Waals surface area contributed by atoms with E-state index in [0.29, 0.717) is 37.2 Å². The Balaban J connectivity index is 1.44. The standard InChI is InChI=1S/C23H25N3O4/c1-30-17-10-8-16(9-11-17)12-13-24-21(27)15-26-19-6-3-2-5-18(19)22(28)25-14-4-7-20(25)23(26)29/h2-3,5-6,8-11,20H,4,7,12-15H2,1H3,(H,24,27)/t20-/m0/s1. The van der Waals surface area contributed by atoms with Crippen molar-refractivity contribution in [2.24, 2.45) is 0 Å². The van der Waals surface area contributed by atoms with E-state index in [4.69, 9.17) is 4.74 Å². The van der Waals surface area contributed by atoms with Gasteiger partial charge in [0.25, 0.3) is 5.91 Å². The van der Waals surface area contributed by atoms with Crippen molar-refractivity contribution >= 4 is 23.4 Å². The number of methoxy groups -OCH3 is 1. The van der Waals surface area contributed by atoms with Gasteiger partial charge in [-0.25, -0.2) is 0 Å². The lowest BCUT2D eigenvalue weighted by atomic mass is 10.1. The molecule has 0 saturated carbocycles. The minimum Gasteiger partial charge on any atom is -0.497 e. The van der Waals surface area contributed by atoms with Crippen molar-refractivity contribution in [1.82, 2.24) is 10.2 Å². The molecule has 2 aliphatic heterocycles. The Morgan fingerprint density at radius 3 is 2.67 bits per heavy atom. The van der Waals surface area contributed by atoms with E-state index in [1.807, 2.05) is 24.3 Å². The highest BCUT2D eigenvalue weighted by Crippen LogP contribution is 2.32. The minimum absolute atomic E-state index is 0.101. The number of nitrogens with one attached hydrogen (secondary N) is 1. The van der Waals surface area contributed by atoms with Crippen LogP contribution in [-0.4, -0.2) is 55.4 Å². The Bertz CT molecular complexity index is 957. The zero-order valence-electron chi connectivity index (χ0n) is 17.0. The number of benzene rings is 2. The first-order valence-corrected chi connectivity index (χ1v) is 10.2. The molecular formula is C23H25N3O4. The van der Waals surface area contributed by atoms with Crippen LogP contribution in [0.5, 0.6) is 5.75 Å². The smallest absolute Gasteiger partial charge is 0.256 e. The van der Waals surface area contributed by atoms with Gasteiger partial charge in [0, 0.05) is 13.1 Å². The lowest BCUT2D eigenvalue weighted by molar-refractivity contribution is -0.125. The molecule has 3 amide bonds. The summed E-state index contributed by atoms with van der Waals surface area (Å²) in [6.45, 7) is 0.935. The number of amides is 3. The highest BCUT2D eigenvalue weighted by Gasteiger charge is 2.42. The number of rotatable bonds is 6. The summed E-state index contributed by atoms with van der Waals surface area (Å²) in [5.41, 5.74) is 2.06. The molecule has 1 fully saturated rings. The number of ether oxygens (including phenoxy) is 1. The van der Waals surface area contributed by atoms with Gasteiger partial charge >= 0.3 is 0 Å². The quantitative estimate of drug-likeness (QED) is 0.795. The number of nitrogens with zero attached hydrogens (tertiary/aromatic N) is 2. The van der Waals surface area contributed by atoms with Crippen molar-refractivity contribution < 1.29 is 19.1 Å². The highest BCUT2D eigenvalue weighted by molar-refractivity contribution is 6.12. The van der Waals surface area contributed by atoms with Crippen LogP contribution in [0.15, 0.2) is 48.5 Å². The van der Waals surface area contributed by atoms with Crippen molar-refractivity contribution in [3.63, 3.8) is 0 Å². The lowest BCUT2D eigenvalue weighted by Gasteiger charge is -2.25. The predicted molar refractivity (Wildman–Crippen MR) is 113 cm³/mol. The molecule has 0 radical (unpaired) electrons. The maximum Gasteiger partial charge on any atom is 0.256 e. The predicted octanol–water partition coefficient (Wildman–Crippen LogP) is 2.01. The van der Waals surface area contributed by atoms with Crippen LogP contribution in [-0.2, 0) is 16.0 Å². The zero-order chi connectivity index (χ0) is 21.1. The number of hydrogen-bond donors (Lipinski definition) is 1. The molecule has 0 spiro atoms. The molecule has 7 heteroatoms. The molecule has 0 bridgehead atoms. The second-order valence-electron chi connectivity index (χ2n) is 7.55. The second-order valence-corrected chi connectivity index (χ2v) is 7.55. The molecule has 0 unspecified atom stereocenters. The molecule has 0 aromatic heterocycles. The summed E-state index contributed by atoms with van der Waals surface area (Å²) >= 11 is 0. The van der Waals surface area contributed by atoms with Crippen molar-refractivity contribution in [2.45, 2.75) is 25.3 Å². The second kappa shape index (κ2) is 8.57. The van der Waals surface area contributed by atoms with E-state index in [-0.39, 0.29) is 24.3 Å². The third-order valence-corrected chi connectivity index (χ3v) is 5.69. The van der Waals surface area contributed by atoms with Crippen LogP contribution in [0.2, 0.25) is 0 Å². The summed E-state index contributed by atoms with van der Waals surface area (Å²) in [6.07, 6.45) is 2.11. The SMILES string of the molecule is COc1ccc(CCNC(=O)CN2C(=O)[C@@H]3CCCN3C(=O)c3ccccc32)cc1. The molecule has 1 N–H and O–H groups in total. The van der Waals surface area contributed by atoms with Gasteiger partial charge in [0.1, 0.15) is 18.3 Å². The third-order valence-electron chi connectivity index (χ3n) is 5.69. The number of carbonyl (C=O) groups excluding carboxylic acids is 3. The Morgan fingerprint density at radius 2 is 1.90 bits per heavy atom. The molecule has 1 saturated heterocycles. The van der Waals surface area contributed by atoms with Crippen molar-refractivity contribution in [1.29, 1.82) is 0 Å². The van der Waals surface area contributed by atoms with E-state index in [1.165, 1.54) is 4.90 Å². The zero-order valence-corrected chi connectivity index (χ0v) is 17.0. The van der Waals surface area contributed by atoms with Gasteiger partial charge in [-0.05, 0) is 49.1 Å². The molecule has 30 heavy (non-hydrogen) atoms. The molecule has 2 aromatic carbocycles. The van der Waals surface area contributed by atoms with Crippen LogP contribution < -0.4 is 15.0 Å². The van der Waals surface area contributed by atoms with Gasteiger partial charge in [0.15, 0.2) is 0 Å². The Morgan fingerprint density at radius 1 is 1.13 bits per heavy atom. The molecule has 0 aliphatic carbocycles. The van der Waals surface area contributed by atoms with Gasteiger partial charge in [0.2, 0.25) is 11.8 Å². The summed E-state index contributed by atoms with van der Waals surface area (Å²) in [5, 5.41) is 2.89. The van der Waals surface area contributed by atoms with E-state index in [2.05, 4.69) is 5.32 Å². The molecule has 2 aromatic rings. The molecule has 4 rings (SSSR count). The fourth-order valence-corrected chi connectivity index (χ4v) is 4.11. The first-order valence-electron chi connectivity index (χ1n) is 10.2. The van der Waals surface area contributed by atoms with Crippen molar-refractivity contribution in [2.75, 3.05) is 31.6 Å². The van der Waals surface area contributed by atoms with E-state index in [9.17, 15) is 14.4 Å². The summed E-state index contributed by atoms with van der Waals surface area (Å²) in [5.74, 6) is 0.224. The maximum atomic E-state index is 13.2.